The lowest BCUT2D eigenvalue weighted by atomic mass is 10.1. The molecule has 0 bridgehead atoms. The summed E-state index contributed by atoms with van der Waals surface area (Å²) >= 11 is 0. The fraction of sp³-hybridized carbons (Fsp3) is 0.516. The van der Waals surface area contributed by atoms with Gasteiger partial charge in [-0.05, 0) is 70.4 Å². The van der Waals surface area contributed by atoms with Crippen LogP contribution in [0.1, 0.15) is 96.0 Å². The number of hydrogen-bond acceptors (Lipinski definition) is 5. The largest absolute Gasteiger partial charge is 0.493 e. The van der Waals surface area contributed by atoms with Crippen LogP contribution in [-0.4, -0.2) is 31.2 Å². The van der Waals surface area contributed by atoms with Gasteiger partial charge in [0.15, 0.2) is 17.3 Å². The van der Waals surface area contributed by atoms with Crippen LogP contribution in [0.4, 0.5) is 0 Å². The van der Waals surface area contributed by atoms with E-state index < -0.39 is 0 Å². The molecule has 2 aromatic rings. The minimum atomic E-state index is -0.133. The van der Waals surface area contributed by atoms with Crippen molar-refractivity contribution in [3.63, 3.8) is 0 Å². The van der Waals surface area contributed by atoms with Gasteiger partial charge in [0, 0.05) is 11.6 Å². The average molecular weight is 497 g/mol. The topological polar surface area (TPSA) is 54.0 Å². The van der Waals surface area contributed by atoms with Gasteiger partial charge in [0.1, 0.15) is 11.5 Å². The lowest BCUT2D eigenvalue weighted by Gasteiger charge is -2.21. The van der Waals surface area contributed by atoms with Gasteiger partial charge in [-0.2, -0.15) is 0 Å². The van der Waals surface area contributed by atoms with Gasteiger partial charge in [0.25, 0.3) is 0 Å². The van der Waals surface area contributed by atoms with Crippen LogP contribution in [0.15, 0.2) is 42.5 Å². The Morgan fingerprint density at radius 1 is 0.806 bits per heavy atom. The van der Waals surface area contributed by atoms with Gasteiger partial charge < -0.3 is 18.9 Å². The Kier molecular flexibility index (Phi) is 12.4. The normalized spacial score (nSPS) is 13.8. The van der Waals surface area contributed by atoms with Gasteiger partial charge in [-0.15, -0.1) is 0 Å². The smallest absolute Gasteiger partial charge is 0.189 e. The van der Waals surface area contributed by atoms with E-state index in [9.17, 15) is 4.79 Å². The second-order valence-corrected chi connectivity index (χ2v) is 9.39. The van der Waals surface area contributed by atoms with Crippen molar-refractivity contribution in [2.24, 2.45) is 0 Å². The molecule has 0 heterocycles. The predicted octanol–water partition coefficient (Wildman–Crippen LogP) is 8.29. The molecular formula is C31H44O5. The van der Waals surface area contributed by atoms with E-state index in [0.29, 0.717) is 28.6 Å². The number of methoxy groups -OCH3 is 1. The molecule has 0 aliphatic carbocycles. The van der Waals surface area contributed by atoms with Crippen LogP contribution < -0.4 is 18.9 Å². The zero-order chi connectivity index (χ0) is 26.5. The fourth-order valence-corrected chi connectivity index (χ4v) is 4.14. The van der Waals surface area contributed by atoms with Crippen molar-refractivity contribution >= 4 is 11.9 Å². The van der Waals surface area contributed by atoms with Crippen molar-refractivity contribution in [3.8, 4) is 23.0 Å². The summed E-state index contributed by atoms with van der Waals surface area (Å²) in [7, 11) is 1.62. The first kappa shape index (κ1) is 29.3. The number of ether oxygens (including phenoxy) is 4. The third-order valence-electron chi connectivity index (χ3n) is 5.91. The Bertz CT molecular complexity index is 981. The molecule has 2 aromatic carbocycles. The minimum Gasteiger partial charge on any atom is -0.493 e. The first-order valence-electron chi connectivity index (χ1n) is 13.4. The zero-order valence-electron chi connectivity index (χ0n) is 23.1. The van der Waals surface area contributed by atoms with E-state index >= 15 is 0 Å². The van der Waals surface area contributed by atoms with Gasteiger partial charge in [0.2, 0.25) is 0 Å². The Morgan fingerprint density at radius 2 is 1.39 bits per heavy atom. The number of benzene rings is 2. The van der Waals surface area contributed by atoms with Crippen molar-refractivity contribution in [2.45, 2.75) is 98.4 Å². The number of hydrogen-bond donors (Lipinski definition) is 0. The Labute approximate surface area is 217 Å². The molecule has 5 heteroatoms. The van der Waals surface area contributed by atoms with E-state index in [-0.39, 0.29) is 24.1 Å². The Hall–Kier alpha value is -2.95. The molecule has 0 aliphatic rings. The summed E-state index contributed by atoms with van der Waals surface area (Å²) in [4.78, 5) is 13.2. The third-order valence-corrected chi connectivity index (χ3v) is 5.91. The van der Waals surface area contributed by atoms with E-state index in [0.717, 1.165) is 44.1 Å². The van der Waals surface area contributed by atoms with Crippen molar-refractivity contribution in [1.29, 1.82) is 0 Å². The van der Waals surface area contributed by atoms with Crippen LogP contribution in [0, 0.1) is 0 Å². The standard InChI is InChI=1S/C31H44O5/c1-8-13-22(4)34-26-20-25(31(30(21-26)33-7)36-24(6)15-10-3)18-19-28(32)27-16-11-12-17-29(27)35-23(5)14-9-2/h11-12,16-24H,8-10,13-15H2,1-7H3. The summed E-state index contributed by atoms with van der Waals surface area (Å²) < 4.78 is 24.2. The summed E-state index contributed by atoms with van der Waals surface area (Å²) in [5.41, 5.74) is 1.27. The summed E-state index contributed by atoms with van der Waals surface area (Å²) in [5.74, 6) is 2.35. The van der Waals surface area contributed by atoms with E-state index in [2.05, 4.69) is 27.7 Å². The van der Waals surface area contributed by atoms with Crippen molar-refractivity contribution in [2.75, 3.05) is 7.11 Å². The maximum absolute atomic E-state index is 13.2. The van der Waals surface area contributed by atoms with Crippen molar-refractivity contribution < 1.29 is 23.7 Å². The predicted molar refractivity (Wildman–Crippen MR) is 148 cm³/mol. The monoisotopic (exact) mass is 496 g/mol. The minimum absolute atomic E-state index is 0.00622. The van der Waals surface area contributed by atoms with Gasteiger partial charge in [-0.1, -0.05) is 52.2 Å². The molecule has 0 fully saturated rings. The van der Waals surface area contributed by atoms with E-state index in [1.165, 1.54) is 0 Å². The highest BCUT2D eigenvalue weighted by Crippen LogP contribution is 2.38. The molecule has 3 unspecified atom stereocenters. The summed E-state index contributed by atoms with van der Waals surface area (Å²) in [6.07, 6.45) is 9.32. The summed E-state index contributed by atoms with van der Waals surface area (Å²) in [6.45, 7) is 12.5. The zero-order valence-corrected chi connectivity index (χ0v) is 23.1. The van der Waals surface area contributed by atoms with Crippen LogP contribution >= 0.6 is 0 Å². The number of carbonyl (C=O) groups is 1. The Morgan fingerprint density at radius 3 is 2.00 bits per heavy atom. The summed E-state index contributed by atoms with van der Waals surface area (Å²) in [6, 6.07) is 11.2. The number of rotatable bonds is 16. The fourth-order valence-electron chi connectivity index (χ4n) is 4.14. The maximum Gasteiger partial charge on any atom is 0.189 e. The highest BCUT2D eigenvalue weighted by atomic mass is 16.5. The maximum atomic E-state index is 13.2. The van der Waals surface area contributed by atoms with Crippen LogP contribution in [0.2, 0.25) is 0 Å². The number of ketones is 1. The van der Waals surface area contributed by atoms with Crippen LogP contribution in [0.3, 0.4) is 0 Å². The lowest BCUT2D eigenvalue weighted by Crippen LogP contribution is -2.14. The summed E-state index contributed by atoms with van der Waals surface area (Å²) in [5, 5.41) is 0. The molecular weight excluding hydrogens is 452 g/mol. The first-order chi connectivity index (χ1) is 17.3. The number of carbonyl (C=O) groups excluding carboxylic acids is 1. The lowest BCUT2D eigenvalue weighted by molar-refractivity contribution is 0.104. The molecule has 0 amide bonds. The SMILES string of the molecule is CCCC(C)Oc1cc(C=CC(=O)c2ccccc2OC(C)CCC)c(OC(C)CCC)c(OC)c1. The van der Waals surface area contributed by atoms with Crippen molar-refractivity contribution in [3.05, 3.63) is 53.6 Å². The molecule has 198 valence electrons. The number of para-hydroxylation sites is 1. The molecule has 0 spiro atoms. The second kappa shape index (κ2) is 15.2. The van der Waals surface area contributed by atoms with E-state index in [1.54, 1.807) is 25.3 Å². The molecule has 0 saturated heterocycles. The third kappa shape index (κ3) is 8.92. The molecule has 36 heavy (non-hydrogen) atoms. The quantitative estimate of drug-likeness (QED) is 0.173. The van der Waals surface area contributed by atoms with Crippen molar-refractivity contribution in [1.82, 2.24) is 0 Å². The molecule has 3 atom stereocenters. The highest BCUT2D eigenvalue weighted by Gasteiger charge is 2.18. The van der Waals surface area contributed by atoms with E-state index in [4.69, 9.17) is 18.9 Å². The van der Waals surface area contributed by atoms with Crippen LogP contribution in [-0.2, 0) is 0 Å². The first-order valence-corrected chi connectivity index (χ1v) is 13.4. The van der Waals surface area contributed by atoms with Gasteiger partial charge in [-0.25, -0.2) is 0 Å². The molecule has 0 aliphatic heterocycles. The molecule has 0 radical (unpaired) electrons. The van der Waals surface area contributed by atoms with E-state index in [1.807, 2.05) is 44.2 Å². The average Bonchev–Trinajstić information content (AvgIpc) is 2.84. The Balaban J connectivity index is 2.42. The molecule has 0 aromatic heterocycles. The van der Waals surface area contributed by atoms with Crippen LogP contribution in [0.5, 0.6) is 23.0 Å². The van der Waals surface area contributed by atoms with Gasteiger partial charge >= 0.3 is 0 Å². The van der Waals surface area contributed by atoms with Gasteiger partial charge in [-0.3, -0.25) is 4.79 Å². The number of allylic oxidation sites excluding steroid dienone is 1. The molecule has 0 saturated carbocycles. The molecule has 2 rings (SSSR count). The molecule has 5 nitrogen and oxygen atoms in total. The second-order valence-electron chi connectivity index (χ2n) is 9.39. The van der Waals surface area contributed by atoms with Gasteiger partial charge in [0.05, 0.1) is 31.0 Å². The highest BCUT2D eigenvalue weighted by molar-refractivity contribution is 6.08. The van der Waals surface area contributed by atoms with Crippen LogP contribution in [0.25, 0.3) is 6.08 Å². The molecule has 0 N–H and O–H groups in total.